The van der Waals surface area contributed by atoms with Crippen molar-refractivity contribution in [2.75, 3.05) is 28.4 Å². The van der Waals surface area contributed by atoms with E-state index in [-0.39, 0.29) is 29.4 Å². The molecule has 11 nitrogen and oxygen atoms in total. The number of para-hydroxylation sites is 2. The predicted octanol–water partition coefficient (Wildman–Crippen LogP) is 1.70. The van der Waals surface area contributed by atoms with Crippen molar-refractivity contribution in [1.29, 1.82) is 0 Å². The summed E-state index contributed by atoms with van der Waals surface area (Å²) in [7, 11) is 5.99. The maximum absolute atomic E-state index is 12.7. The Bertz CT molecular complexity index is 1350. The second-order valence-electron chi connectivity index (χ2n) is 7.37. The van der Waals surface area contributed by atoms with Crippen LogP contribution in [0, 0.1) is 0 Å². The molecule has 4 rings (SSSR count). The number of nitrogens with one attached hydrogen (secondary N) is 2. The van der Waals surface area contributed by atoms with Gasteiger partial charge in [-0.2, -0.15) is 5.10 Å². The van der Waals surface area contributed by atoms with Crippen LogP contribution in [0.25, 0.3) is 5.69 Å². The number of hydrogen-bond acceptors (Lipinski definition) is 9. The third-order valence-corrected chi connectivity index (χ3v) is 5.54. The first-order valence-corrected chi connectivity index (χ1v) is 10.3. The van der Waals surface area contributed by atoms with Gasteiger partial charge in [-0.15, -0.1) is 0 Å². The van der Waals surface area contributed by atoms with E-state index in [1.807, 2.05) is 0 Å². The fraction of sp³-hybridized carbons (Fsp3) is 0.261. The Kier molecular flexibility index (Phi) is 6.17. The Hall–Kier alpha value is -4.41. The highest BCUT2D eigenvalue weighted by Crippen LogP contribution is 2.41. The van der Waals surface area contributed by atoms with Gasteiger partial charge in [0.05, 0.1) is 45.9 Å². The van der Waals surface area contributed by atoms with Gasteiger partial charge in [0.2, 0.25) is 11.6 Å². The normalized spacial score (nSPS) is 14.8. The topological polar surface area (TPSA) is 136 Å². The number of hydrazone groups is 1. The summed E-state index contributed by atoms with van der Waals surface area (Å²) < 4.78 is 22.5. The number of nitrogens with zero attached hydrogens (tertiary/aromatic N) is 2. The fourth-order valence-electron chi connectivity index (χ4n) is 3.92. The number of ether oxygens (including phenoxy) is 4. The maximum atomic E-state index is 12.7. The Balaban J connectivity index is 1.75. The molecule has 3 aromatic rings. The molecule has 1 aliphatic rings. The summed E-state index contributed by atoms with van der Waals surface area (Å²) in [6.07, 6.45) is 0.249. The maximum Gasteiger partial charge on any atom is 0.335 e. The van der Waals surface area contributed by atoms with Crippen LogP contribution in [0.3, 0.4) is 0 Å². The summed E-state index contributed by atoms with van der Waals surface area (Å²) in [5.74, 6) is 1.20. The summed E-state index contributed by atoms with van der Waals surface area (Å²) >= 11 is 0. The van der Waals surface area contributed by atoms with Gasteiger partial charge in [-0.1, -0.05) is 12.1 Å². The molecule has 34 heavy (non-hydrogen) atoms. The average molecular weight is 468 g/mol. The van der Waals surface area contributed by atoms with E-state index < -0.39 is 17.1 Å². The molecule has 0 radical (unpaired) electrons. The molecule has 0 spiro atoms. The summed E-state index contributed by atoms with van der Waals surface area (Å²) in [5.41, 5.74) is 2.62. The average Bonchev–Trinajstić information content (AvgIpc) is 3.32. The third-order valence-electron chi connectivity index (χ3n) is 5.54. The van der Waals surface area contributed by atoms with Crippen molar-refractivity contribution >= 4 is 5.71 Å². The van der Waals surface area contributed by atoms with Crippen LogP contribution in [0.4, 0.5) is 0 Å². The van der Waals surface area contributed by atoms with Gasteiger partial charge >= 0.3 is 5.69 Å². The van der Waals surface area contributed by atoms with Crippen LogP contribution in [0.5, 0.6) is 28.9 Å². The van der Waals surface area contributed by atoms with Crippen molar-refractivity contribution in [2.24, 2.45) is 5.10 Å². The second-order valence-corrected chi connectivity index (χ2v) is 7.37. The van der Waals surface area contributed by atoms with E-state index >= 15 is 0 Å². The van der Waals surface area contributed by atoms with Crippen LogP contribution in [0.1, 0.15) is 23.6 Å². The van der Waals surface area contributed by atoms with Crippen molar-refractivity contribution in [3.8, 4) is 34.6 Å². The van der Waals surface area contributed by atoms with Crippen molar-refractivity contribution in [3.05, 3.63) is 68.4 Å². The first kappa shape index (κ1) is 22.8. The number of aromatic nitrogens is 2. The third kappa shape index (κ3) is 3.81. The molecule has 0 amide bonds. The first-order valence-electron chi connectivity index (χ1n) is 10.3. The Labute approximate surface area is 194 Å². The molecule has 0 aliphatic carbocycles. The lowest BCUT2D eigenvalue weighted by Gasteiger charge is -2.17. The lowest BCUT2D eigenvalue weighted by molar-refractivity contribution is 0.323. The van der Waals surface area contributed by atoms with Crippen LogP contribution >= 0.6 is 0 Å². The number of hydrogen-bond donors (Lipinski definition) is 3. The van der Waals surface area contributed by atoms with Crippen molar-refractivity contribution in [3.63, 3.8) is 0 Å². The molecule has 1 atom stereocenters. The lowest BCUT2D eigenvalue weighted by atomic mass is 9.99. The van der Waals surface area contributed by atoms with Crippen molar-refractivity contribution < 1.29 is 24.1 Å². The van der Waals surface area contributed by atoms with E-state index in [4.69, 9.17) is 18.9 Å². The molecule has 1 aliphatic heterocycles. The number of benzene rings is 2. The monoisotopic (exact) mass is 468 g/mol. The minimum atomic E-state index is -0.802. The summed E-state index contributed by atoms with van der Waals surface area (Å²) in [5, 5.41) is 15.3. The van der Waals surface area contributed by atoms with Crippen LogP contribution in [0.2, 0.25) is 0 Å². The fourth-order valence-corrected chi connectivity index (χ4v) is 3.92. The van der Waals surface area contributed by atoms with Gasteiger partial charge in [0.1, 0.15) is 11.3 Å². The molecule has 0 saturated carbocycles. The molecular formula is C23H24N4O7. The first-order chi connectivity index (χ1) is 16.4. The van der Waals surface area contributed by atoms with Gasteiger partial charge in [0.15, 0.2) is 11.5 Å². The highest BCUT2D eigenvalue weighted by Gasteiger charge is 2.29. The molecule has 11 heteroatoms. The molecule has 178 valence electrons. The Morgan fingerprint density at radius 1 is 0.971 bits per heavy atom. The molecule has 0 bridgehead atoms. The molecular weight excluding hydrogens is 444 g/mol. The molecule has 1 unspecified atom stereocenters. The van der Waals surface area contributed by atoms with Gasteiger partial charge < -0.3 is 29.5 Å². The Morgan fingerprint density at radius 2 is 1.62 bits per heavy atom. The van der Waals surface area contributed by atoms with Crippen LogP contribution in [-0.4, -0.2) is 48.8 Å². The molecule has 0 saturated heterocycles. The minimum absolute atomic E-state index is 0.118. The number of aromatic amines is 1. The van der Waals surface area contributed by atoms with Gasteiger partial charge in [0.25, 0.3) is 5.56 Å². The van der Waals surface area contributed by atoms with E-state index in [1.165, 1.54) is 28.4 Å². The largest absolute Gasteiger partial charge is 0.495 e. The van der Waals surface area contributed by atoms with E-state index in [9.17, 15) is 14.7 Å². The van der Waals surface area contributed by atoms with E-state index in [0.29, 0.717) is 23.0 Å². The van der Waals surface area contributed by atoms with Crippen molar-refractivity contribution in [2.45, 2.75) is 12.5 Å². The molecule has 3 N–H and O–H groups in total. The zero-order valence-electron chi connectivity index (χ0n) is 19.0. The summed E-state index contributed by atoms with van der Waals surface area (Å²) in [6.45, 7) is 0. The number of H-pyrrole nitrogens is 1. The van der Waals surface area contributed by atoms with Crippen LogP contribution < -0.4 is 35.6 Å². The number of methoxy groups -OCH3 is 4. The van der Waals surface area contributed by atoms with Gasteiger partial charge in [-0.3, -0.25) is 9.78 Å². The Morgan fingerprint density at radius 3 is 2.24 bits per heavy atom. The number of rotatable bonds is 7. The highest BCUT2D eigenvalue weighted by molar-refractivity contribution is 6.03. The van der Waals surface area contributed by atoms with Gasteiger partial charge in [-0.25, -0.2) is 9.36 Å². The zero-order chi connectivity index (χ0) is 24.4. The minimum Gasteiger partial charge on any atom is -0.495 e. The van der Waals surface area contributed by atoms with Crippen LogP contribution in [-0.2, 0) is 0 Å². The quantitative estimate of drug-likeness (QED) is 0.477. The molecule has 1 aromatic heterocycles. The highest BCUT2D eigenvalue weighted by atomic mass is 16.5. The summed E-state index contributed by atoms with van der Waals surface area (Å²) in [4.78, 5) is 27.5. The number of aromatic hydroxyl groups is 1. The molecule has 0 fully saturated rings. The predicted molar refractivity (Wildman–Crippen MR) is 124 cm³/mol. The standard InChI is InChI=1S/C23H24N4O7/c1-31-16-8-6-5-7-15(16)27-22(29)19(21(28)24-23(27)30)14-11-13(25-26-14)12-9-17(32-2)20(34-4)18(10-12)33-3/h5-10,13,25,29H,11H2,1-4H3,(H,24,28,30). The SMILES string of the molecule is COc1ccccc1-n1c(O)c(C2=NNC(c3cc(OC)c(OC)c(OC)c3)C2)c(=O)[nH]c1=O. The lowest BCUT2D eigenvalue weighted by Crippen LogP contribution is -2.33. The van der Waals surface area contributed by atoms with Gasteiger partial charge in [-0.05, 0) is 29.8 Å². The van der Waals surface area contributed by atoms with Crippen LogP contribution in [0.15, 0.2) is 51.1 Å². The van der Waals surface area contributed by atoms with Crippen molar-refractivity contribution in [1.82, 2.24) is 15.0 Å². The second kappa shape index (κ2) is 9.22. The molecule has 2 heterocycles. The smallest absolute Gasteiger partial charge is 0.335 e. The van der Waals surface area contributed by atoms with E-state index in [2.05, 4.69) is 15.5 Å². The van der Waals surface area contributed by atoms with E-state index in [1.54, 1.807) is 36.4 Å². The van der Waals surface area contributed by atoms with Gasteiger partial charge in [0, 0.05) is 6.42 Å². The summed E-state index contributed by atoms with van der Waals surface area (Å²) in [6, 6.07) is 9.84. The zero-order valence-corrected chi connectivity index (χ0v) is 19.0. The molecule has 2 aromatic carbocycles. The van der Waals surface area contributed by atoms with E-state index in [0.717, 1.165) is 10.1 Å².